The zero-order valence-electron chi connectivity index (χ0n) is 11.0. The SMILES string of the molecule is COc1ccc2cc(CCN(C)C(=O)Br)ccc2c1. The van der Waals surface area contributed by atoms with E-state index in [1.807, 2.05) is 12.1 Å². The molecular formula is C15H16BrNO2. The highest BCUT2D eigenvalue weighted by Gasteiger charge is 2.04. The Hall–Kier alpha value is -1.55. The number of ether oxygens (including phenoxy) is 1. The lowest BCUT2D eigenvalue weighted by atomic mass is 10.0. The Morgan fingerprint density at radius 3 is 2.58 bits per heavy atom. The summed E-state index contributed by atoms with van der Waals surface area (Å²) in [6.07, 6.45) is 0.843. The maximum Gasteiger partial charge on any atom is 0.289 e. The molecule has 0 fully saturated rings. The molecule has 0 unspecified atom stereocenters. The number of likely N-dealkylation sites (N-methyl/N-ethyl adjacent to an activating group) is 1. The van der Waals surface area contributed by atoms with Crippen molar-refractivity contribution in [2.75, 3.05) is 20.7 Å². The number of nitrogens with zero attached hydrogens (tertiary/aromatic N) is 1. The van der Waals surface area contributed by atoms with Gasteiger partial charge in [0, 0.05) is 29.5 Å². The third-order valence-corrected chi connectivity index (χ3v) is 3.75. The second-order valence-electron chi connectivity index (χ2n) is 4.47. The van der Waals surface area contributed by atoms with Crippen LogP contribution in [-0.2, 0) is 6.42 Å². The predicted molar refractivity (Wildman–Crippen MR) is 81.2 cm³/mol. The zero-order chi connectivity index (χ0) is 13.8. The maximum atomic E-state index is 11.1. The molecule has 0 atom stereocenters. The number of hydrogen-bond acceptors (Lipinski definition) is 2. The maximum absolute atomic E-state index is 11.1. The zero-order valence-corrected chi connectivity index (χ0v) is 12.6. The van der Waals surface area contributed by atoms with Gasteiger partial charge in [0.2, 0.25) is 0 Å². The molecule has 0 saturated heterocycles. The molecule has 0 saturated carbocycles. The summed E-state index contributed by atoms with van der Waals surface area (Å²) in [5.41, 5.74) is 1.22. The molecule has 4 heteroatoms. The van der Waals surface area contributed by atoms with Crippen LogP contribution in [-0.4, -0.2) is 30.4 Å². The van der Waals surface area contributed by atoms with Gasteiger partial charge in [-0.25, -0.2) is 0 Å². The number of hydrogen-bond donors (Lipinski definition) is 0. The Labute approximate surface area is 121 Å². The summed E-state index contributed by atoms with van der Waals surface area (Å²) in [5.74, 6) is 0.866. The minimum Gasteiger partial charge on any atom is -0.497 e. The van der Waals surface area contributed by atoms with E-state index in [9.17, 15) is 4.79 Å². The summed E-state index contributed by atoms with van der Waals surface area (Å²) in [6, 6.07) is 12.4. The molecule has 0 aliphatic carbocycles. The van der Waals surface area contributed by atoms with Crippen LogP contribution >= 0.6 is 15.9 Å². The van der Waals surface area contributed by atoms with Gasteiger partial charge < -0.3 is 9.64 Å². The molecule has 0 bridgehead atoms. The van der Waals surface area contributed by atoms with Gasteiger partial charge in [0.25, 0.3) is 4.82 Å². The normalized spacial score (nSPS) is 10.5. The van der Waals surface area contributed by atoms with Crippen molar-refractivity contribution in [1.82, 2.24) is 4.90 Å². The number of amides is 1. The van der Waals surface area contributed by atoms with Crippen LogP contribution in [0.1, 0.15) is 5.56 Å². The van der Waals surface area contributed by atoms with Crippen molar-refractivity contribution < 1.29 is 9.53 Å². The van der Waals surface area contributed by atoms with Gasteiger partial charge in [-0.15, -0.1) is 0 Å². The predicted octanol–water partition coefficient (Wildman–Crippen LogP) is 3.84. The van der Waals surface area contributed by atoms with Gasteiger partial charge in [0.15, 0.2) is 0 Å². The lowest BCUT2D eigenvalue weighted by Crippen LogP contribution is -2.23. The van der Waals surface area contributed by atoms with E-state index in [2.05, 4.69) is 40.2 Å². The standard InChI is InChI=1S/C15H16BrNO2/c1-17(15(16)18)8-7-11-3-4-13-10-14(19-2)6-5-12(13)9-11/h3-6,9-10H,7-8H2,1-2H3. The van der Waals surface area contributed by atoms with Crippen LogP contribution in [0.25, 0.3) is 10.8 Å². The van der Waals surface area contributed by atoms with Gasteiger partial charge in [-0.05, 0) is 34.9 Å². The molecule has 1 amide bonds. The van der Waals surface area contributed by atoms with Crippen molar-refractivity contribution in [2.45, 2.75) is 6.42 Å². The molecule has 0 heterocycles. The second kappa shape index (κ2) is 6.06. The molecule has 2 aromatic rings. The molecule has 19 heavy (non-hydrogen) atoms. The van der Waals surface area contributed by atoms with Crippen molar-refractivity contribution in [3.8, 4) is 5.75 Å². The molecule has 0 radical (unpaired) electrons. The van der Waals surface area contributed by atoms with Gasteiger partial charge >= 0.3 is 0 Å². The highest BCUT2D eigenvalue weighted by Crippen LogP contribution is 2.22. The first-order valence-corrected chi connectivity index (χ1v) is 6.87. The van der Waals surface area contributed by atoms with E-state index in [0.29, 0.717) is 6.54 Å². The molecule has 0 aliphatic rings. The van der Waals surface area contributed by atoms with E-state index in [0.717, 1.165) is 17.6 Å². The van der Waals surface area contributed by atoms with Gasteiger partial charge in [-0.2, -0.15) is 0 Å². The Kier molecular flexibility index (Phi) is 4.43. The molecule has 2 aromatic carbocycles. The van der Waals surface area contributed by atoms with Gasteiger partial charge in [-0.3, -0.25) is 4.79 Å². The van der Waals surface area contributed by atoms with Crippen LogP contribution in [0.5, 0.6) is 5.75 Å². The van der Waals surface area contributed by atoms with Crippen LogP contribution < -0.4 is 4.74 Å². The summed E-state index contributed by atoms with van der Waals surface area (Å²) in [7, 11) is 3.45. The first kappa shape index (κ1) is 13.9. The third kappa shape index (κ3) is 3.47. The van der Waals surface area contributed by atoms with Crippen molar-refractivity contribution >= 4 is 31.5 Å². The van der Waals surface area contributed by atoms with E-state index in [-0.39, 0.29) is 4.82 Å². The quantitative estimate of drug-likeness (QED) is 0.632. The number of rotatable bonds is 4. The number of carbonyl (C=O) groups excluding carboxylic acids is 1. The first-order valence-electron chi connectivity index (χ1n) is 6.07. The van der Waals surface area contributed by atoms with Gasteiger partial charge in [-0.1, -0.05) is 24.3 Å². The molecular weight excluding hydrogens is 306 g/mol. The summed E-state index contributed by atoms with van der Waals surface area (Å²) in [6.45, 7) is 0.700. The molecule has 0 aliphatic heterocycles. The Balaban J connectivity index is 2.15. The van der Waals surface area contributed by atoms with Crippen molar-refractivity contribution in [2.24, 2.45) is 0 Å². The van der Waals surface area contributed by atoms with Crippen LogP contribution in [0, 0.1) is 0 Å². The minimum absolute atomic E-state index is 0.0852. The number of fused-ring (bicyclic) bond motifs is 1. The Morgan fingerprint density at radius 2 is 1.89 bits per heavy atom. The third-order valence-electron chi connectivity index (χ3n) is 3.15. The van der Waals surface area contributed by atoms with E-state index in [1.165, 1.54) is 10.9 Å². The second-order valence-corrected chi connectivity index (χ2v) is 5.15. The molecule has 2 rings (SSSR count). The van der Waals surface area contributed by atoms with Crippen LogP contribution in [0.4, 0.5) is 4.79 Å². The smallest absolute Gasteiger partial charge is 0.289 e. The average molecular weight is 322 g/mol. The van der Waals surface area contributed by atoms with Gasteiger partial charge in [0.05, 0.1) is 7.11 Å². The Bertz CT molecular complexity index is 598. The molecule has 0 N–H and O–H groups in total. The fourth-order valence-corrected chi connectivity index (χ4v) is 2.12. The molecule has 3 nitrogen and oxygen atoms in total. The summed E-state index contributed by atoms with van der Waals surface area (Å²) < 4.78 is 5.21. The molecule has 0 aromatic heterocycles. The monoisotopic (exact) mass is 321 g/mol. The van der Waals surface area contributed by atoms with E-state index in [1.54, 1.807) is 19.1 Å². The van der Waals surface area contributed by atoms with Crippen LogP contribution in [0.2, 0.25) is 0 Å². The fraction of sp³-hybridized carbons (Fsp3) is 0.267. The van der Waals surface area contributed by atoms with Crippen molar-refractivity contribution in [1.29, 1.82) is 0 Å². The largest absolute Gasteiger partial charge is 0.497 e. The summed E-state index contributed by atoms with van der Waals surface area (Å²) >= 11 is 2.94. The number of halogens is 1. The molecule has 100 valence electrons. The minimum atomic E-state index is -0.0852. The van der Waals surface area contributed by atoms with E-state index >= 15 is 0 Å². The lowest BCUT2D eigenvalue weighted by molar-refractivity contribution is 0.235. The van der Waals surface area contributed by atoms with Crippen LogP contribution in [0.3, 0.4) is 0 Å². The number of carbonyl (C=O) groups is 1. The van der Waals surface area contributed by atoms with E-state index < -0.39 is 0 Å². The fourth-order valence-electron chi connectivity index (χ4n) is 1.94. The summed E-state index contributed by atoms with van der Waals surface area (Å²) in [5, 5.41) is 2.35. The Morgan fingerprint density at radius 1 is 1.21 bits per heavy atom. The first-order chi connectivity index (χ1) is 9.10. The van der Waals surface area contributed by atoms with Crippen molar-refractivity contribution in [3.05, 3.63) is 42.0 Å². The molecule has 0 spiro atoms. The lowest BCUT2D eigenvalue weighted by Gasteiger charge is -2.13. The van der Waals surface area contributed by atoms with Crippen molar-refractivity contribution in [3.63, 3.8) is 0 Å². The van der Waals surface area contributed by atoms with Gasteiger partial charge in [0.1, 0.15) is 5.75 Å². The number of methoxy groups -OCH3 is 1. The number of benzene rings is 2. The highest BCUT2D eigenvalue weighted by atomic mass is 79.9. The van der Waals surface area contributed by atoms with E-state index in [4.69, 9.17) is 4.74 Å². The highest BCUT2D eigenvalue weighted by molar-refractivity contribution is 9.18. The topological polar surface area (TPSA) is 29.5 Å². The average Bonchev–Trinajstić information content (AvgIpc) is 2.43. The van der Waals surface area contributed by atoms with Crippen LogP contribution in [0.15, 0.2) is 36.4 Å². The summed E-state index contributed by atoms with van der Waals surface area (Å²) in [4.78, 5) is 12.6.